The number of nitriles is 1. The summed E-state index contributed by atoms with van der Waals surface area (Å²) in [5.74, 6) is 0.0812. The highest BCUT2D eigenvalue weighted by atomic mass is 32.2. The van der Waals surface area contributed by atoms with E-state index in [4.69, 9.17) is 5.26 Å². The van der Waals surface area contributed by atoms with Crippen molar-refractivity contribution in [3.8, 4) is 6.07 Å². The van der Waals surface area contributed by atoms with E-state index >= 15 is 0 Å². The van der Waals surface area contributed by atoms with Crippen LogP contribution in [0.3, 0.4) is 0 Å². The van der Waals surface area contributed by atoms with Crippen LogP contribution in [0, 0.1) is 24.2 Å². The number of sulfonamides is 1. The van der Waals surface area contributed by atoms with Gasteiger partial charge in [-0.05, 0) is 44.4 Å². The molecule has 0 atom stereocenters. The van der Waals surface area contributed by atoms with E-state index in [1.54, 1.807) is 26.0 Å². The van der Waals surface area contributed by atoms with E-state index in [1.807, 2.05) is 6.07 Å². The highest BCUT2D eigenvalue weighted by Crippen LogP contribution is 2.26. The topological polar surface area (TPSA) is 78.2 Å². The van der Waals surface area contributed by atoms with Crippen LogP contribution in [-0.4, -0.2) is 31.6 Å². The van der Waals surface area contributed by atoms with Gasteiger partial charge in [-0.25, -0.2) is 8.42 Å². The molecule has 112 valence electrons. The maximum Gasteiger partial charge on any atom is 0.243 e. The molecule has 2 rings (SSSR count). The van der Waals surface area contributed by atoms with Crippen molar-refractivity contribution in [1.29, 1.82) is 5.26 Å². The van der Waals surface area contributed by atoms with Crippen LogP contribution in [-0.2, 0) is 14.8 Å². The number of benzene rings is 1. The molecule has 1 aliphatic rings. The molecule has 0 amide bonds. The minimum Gasteiger partial charge on any atom is -0.300 e. The maximum absolute atomic E-state index is 12.7. The Kier molecular flexibility index (Phi) is 4.45. The van der Waals surface area contributed by atoms with E-state index in [-0.39, 0.29) is 16.6 Å². The van der Waals surface area contributed by atoms with Crippen LogP contribution < -0.4 is 0 Å². The summed E-state index contributed by atoms with van der Waals surface area (Å²) in [5, 5.41) is 8.93. The summed E-state index contributed by atoms with van der Waals surface area (Å²) < 4.78 is 26.8. The Balaban J connectivity index is 2.28. The molecule has 1 aliphatic heterocycles. The Bertz CT molecular complexity index is 696. The molecule has 21 heavy (non-hydrogen) atoms. The summed E-state index contributed by atoms with van der Waals surface area (Å²) in [6, 6.07) is 6.64. The fraction of sp³-hybridized carbons (Fsp3) is 0.467. The lowest BCUT2D eigenvalue weighted by atomic mass is 9.95. The highest BCUT2D eigenvalue weighted by Gasteiger charge is 2.31. The third kappa shape index (κ3) is 3.14. The minimum absolute atomic E-state index is 0.0389. The normalized spacial score (nSPS) is 17.4. The molecule has 0 saturated carbocycles. The number of ketones is 1. The molecule has 0 unspecified atom stereocenters. The summed E-state index contributed by atoms with van der Waals surface area (Å²) in [6.45, 7) is 3.97. The van der Waals surface area contributed by atoms with Gasteiger partial charge in [0.15, 0.2) is 0 Å². The number of carbonyl (C=O) groups is 1. The van der Waals surface area contributed by atoms with Gasteiger partial charge in [0.05, 0.1) is 16.5 Å². The van der Waals surface area contributed by atoms with Crippen LogP contribution in [0.2, 0.25) is 0 Å². The van der Waals surface area contributed by atoms with Gasteiger partial charge in [-0.2, -0.15) is 9.57 Å². The second kappa shape index (κ2) is 5.96. The quantitative estimate of drug-likeness (QED) is 0.854. The lowest BCUT2D eigenvalue weighted by Crippen LogP contribution is -2.40. The molecule has 1 aromatic carbocycles. The molecule has 1 aromatic rings. The largest absolute Gasteiger partial charge is 0.300 e. The third-order valence-corrected chi connectivity index (χ3v) is 6.00. The second-order valence-corrected chi connectivity index (χ2v) is 7.29. The summed E-state index contributed by atoms with van der Waals surface area (Å²) in [5.41, 5.74) is 0.959. The monoisotopic (exact) mass is 306 g/mol. The molecule has 1 fully saturated rings. The van der Waals surface area contributed by atoms with Gasteiger partial charge in [0.1, 0.15) is 5.78 Å². The fourth-order valence-corrected chi connectivity index (χ4v) is 4.31. The molecule has 6 heteroatoms. The Morgan fingerprint density at radius 3 is 2.48 bits per heavy atom. The minimum atomic E-state index is -3.60. The van der Waals surface area contributed by atoms with Gasteiger partial charge in [0.25, 0.3) is 0 Å². The lowest BCUT2D eigenvalue weighted by Gasteiger charge is -2.30. The number of piperidine rings is 1. The van der Waals surface area contributed by atoms with Gasteiger partial charge >= 0.3 is 0 Å². The smallest absolute Gasteiger partial charge is 0.243 e. The highest BCUT2D eigenvalue weighted by molar-refractivity contribution is 7.89. The molecule has 0 aliphatic carbocycles. The van der Waals surface area contributed by atoms with Crippen molar-refractivity contribution in [3.63, 3.8) is 0 Å². The van der Waals surface area contributed by atoms with E-state index in [9.17, 15) is 13.2 Å². The van der Waals surface area contributed by atoms with Crippen molar-refractivity contribution in [2.24, 2.45) is 5.92 Å². The number of hydrogen-bond acceptors (Lipinski definition) is 4. The number of rotatable bonds is 3. The molecular weight excluding hydrogens is 288 g/mol. The van der Waals surface area contributed by atoms with Crippen molar-refractivity contribution in [3.05, 3.63) is 29.3 Å². The average Bonchev–Trinajstić information content (AvgIpc) is 2.47. The van der Waals surface area contributed by atoms with Crippen LogP contribution in [0.15, 0.2) is 23.1 Å². The first kappa shape index (κ1) is 15.7. The summed E-state index contributed by atoms with van der Waals surface area (Å²) in [6.07, 6.45) is 1.12. The number of nitrogens with zero attached hydrogens (tertiary/aromatic N) is 2. The van der Waals surface area contributed by atoms with Crippen molar-refractivity contribution in [1.82, 2.24) is 4.31 Å². The van der Waals surface area contributed by atoms with Crippen LogP contribution in [0.1, 0.15) is 30.9 Å². The zero-order valence-corrected chi connectivity index (χ0v) is 13.0. The summed E-state index contributed by atoms with van der Waals surface area (Å²) in [7, 11) is -3.60. The second-order valence-electron chi connectivity index (χ2n) is 5.38. The number of Topliss-reactive ketones (excluding diaryl/α,β-unsaturated/α-hetero) is 1. The predicted octanol–water partition coefficient (Wildman–Crippen LogP) is 1.86. The SMILES string of the molecule is CC(=O)C1CCN(S(=O)(=O)c2cc(C#N)ccc2C)CC1. The molecule has 0 spiro atoms. The van der Waals surface area contributed by atoms with Gasteiger partial charge in [-0.3, -0.25) is 4.79 Å². The zero-order chi connectivity index (χ0) is 15.6. The molecular formula is C15H18N2O3S. The van der Waals surface area contributed by atoms with E-state index in [0.717, 1.165) is 0 Å². The van der Waals surface area contributed by atoms with Crippen LogP contribution in [0.25, 0.3) is 0 Å². The van der Waals surface area contributed by atoms with Crippen molar-refractivity contribution in [2.45, 2.75) is 31.6 Å². The molecule has 0 aromatic heterocycles. The number of carbonyl (C=O) groups excluding carboxylic acids is 1. The Morgan fingerprint density at radius 2 is 1.95 bits per heavy atom. The molecule has 1 heterocycles. The first-order valence-electron chi connectivity index (χ1n) is 6.87. The Hall–Kier alpha value is -1.71. The number of aryl methyl sites for hydroxylation is 1. The molecule has 0 bridgehead atoms. The van der Waals surface area contributed by atoms with Gasteiger partial charge in [-0.1, -0.05) is 6.07 Å². The van der Waals surface area contributed by atoms with Crippen LogP contribution in [0.5, 0.6) is 0 Å². The molecule has 0 radical (unpaired) electrons. The van der Waals surface area contributed by atoms with E-state index in [2.05, 4.69) is 0 Å². The Morgan fingerprint density at radius 1 is 1.33 bits per heavy atom. The van der Waals surface area contributed by atoms with Gasteiger partial charge in [-0.15, -0.1) is 0 Å². The third-order valence-electron chi connectivity index (χ3n) is 3.96. The van der Waals surface area contributed by atoms with Crippen molar-refractivity contribution in [2.75, 3.05) is 13.1 Å². The van der Waals surface area contributed by atoms with E-state index in [1.165, 1.54) is 10.4 Å². The number of hydrogen-bond donors (Lipinski definition) is 0. The van der Waals surface area contributed by atoms with Gasteiger partial charge in [0.2, 0.25) is 10.0 Å². The van der Waals surface area contributed by atoms with Gasteiger partial charge in [0, 0.05) is 19.0 Å². The molecule has 1 saturated heterocycles. The zero-order valence-electron chi connectivity index (χ0n) is 12.2. The van der Waals surface area contributed by atoms with Crippen molar-refractivity contribution >= 4 is 15.8 Å². The van der Waals surface area contributed by atoms with Gasteiger partial charge < -0.3 is 0 Å². The summed E-state index contributed by atoms with van der Waals surface area (Å²) >= 11 is 0. The van der Waals surface area contributed by atoms with Crippen LogP contribution >= 0.6 is 0 Å². The first-order chi connectivity index (χ1) is 9.86. The lowest BCUT2D eigenvalue weighted by molar-refractivity contribution is -0.121. The Labute approximate surface area is 125 Å². The predicted molar refractivity (Wildman–Crippen MR) is 78.1 cm³/mol. The summed E-state index contributed by atoms with van der Waals surface area (Å²) in [4.78, 5) is 11.5. The standard InChI is InChI=1S/C15H18N2O3S/c1-11-3-4-13(10-16)9-15(11)21(19,20)17-7-5-14(6-8-17)12(2)18/h3-4,9,14H,5-8H2,1-2H3. The van der Waals surface area contributed by atoms with E-state index < -0.39 is 10.0 Å². The van der Waals surface area contributed by atoms with Crippen molar-refractivity contribution < 1.29 is 13.2 Å². The molecule has 0 N–H and O–H groups in total. The maximum atomic E-state index is 12.7. The average molecular weight is 306 g/mol. The van der Waals surface area contributed by atoms with E-state index in [0.29, 0.717) is 37.1 Å². The fourth-order valence-electron chi connectivity index (χ4n) is 2.59. The van der Waals surface area contributed by atoms with Crippen LogP contribution in [0.4, 0.5) is 0 Å². The first-order valence-corrected chi connectivity index (χ1v) is 8.31. The molecule has 5 nitrogen and oxygen atoms in total.